The van der Waals surface area contributed by atoms with Gasteiger partial charge in [0, 0.05) is 25.2 Å². The Balaban J connectivity index is 1.81. The molecular weight excluding hydrogens is 291 g/mol. The molecule has 0 amide bonds. The lowest BCUT2D eigenvalue weighted by Crippen LogP contribution is -2.43. The van der Waals surface area contributed by atoms with Crippen LogP contribution in [0.1, 0.15) is 36.8 Å². The predicted molar refractivity (Wildman–Crippen MR) is 78.8 cm³/mol. The van der Waals surface area contributed by atoms with Crippen molar-refractivity contribution < 1.29 is 17.9 Å². The van der Waals surface area contributed by atoms with Crippen LogP contribution >= 0.6 is 0 Å². The summed E-state index contributed by atoms with van der Waals surface area (Å²) < 4.78 is 44.4. The molecule has 0 aromatic heterocycles. The van der Waals surface area contributed by atoms with Crippen LogP contribution in [0.2, 0.25) is 0 Å². The van der Waals surface area contributed by atoms with Crippen LogP contribution in [0.25, 0.3) is 0 Å². The Hall–Kier alpha value is -1.07. The molecule has 122 valence electrons. The van der Waals surface area contributed by atoms with Gasteiger partial charge in [0.15, 0.2) is 0 Å². The highest BCUT2D eigenvalue weighted by Crippen LogP contribution is 2.38. The lowest BCUT2D eigenvalue weighted by molar-refractivity contribution is -0.137. The zero-order chi connectivity index (χ0) is 15.6. The molecule has 0 bridgehead atoms. The molecule has 0 unspecified atom stereocenters. The highest BCUT2D eigenvalue weighted by molar-refractivity contribution is 5.32. The van der Waals surface area contributed by atoms with Crippen molar-refractivity contribution >= 4 is 0 Å². The van der Waals surface area contributed by atoms with Crippen molar-refractivity contribution in [2.24, 2.45) is 5.92 Å². The minimum absolute atomic E-state index is 0.242. The van der Waals surface area contributed by atoms with Gasteiger partial charge in [-0.25, -0.2) is 0 Å². The molecular formula is C17H22F3NO. The second kappa shape index (κ2) is 6.20. The summed E-state index contributed by atoms with van der Waals surface area (Å²) in [5.41, 5.74) is -0.0130. The molecule has 5 heteroatoms. The van der Waals surface area contributed by atoms with Crippen molar-refractivity contribution in [1.29, 1.82) is 0 Å². The SMILES string of the molecule is FC(F)(F)c1cccc(C2(CNCC3CC3)CCOCC2)c1. The summed E-state index contributed by atoms with van der Waals surface area (Å²) in [5, 5.41) is 3.48. The van der Waals surface area contributed by atoms with Gasteiger partial charge in [0.1, 0.15) is 0 Å². The smallest absolute Gasteiger partial charge is 0.381 e. The van der Waals surface area contributed by atoms with Crippen LogP contribution < -0.4 is 5.32 Å². The van der Waals surface area contributed by atoms with Crippen LogP contribution in [-0.2, 0) is 16.3 Å². The van der Waals surface area contributed by atoms with Gasteiger partial charge < -0.3 is 10.1 Å². The number of ether oxygens (including phenoxy) is 1. The minimum atomic E-state index is -4.29. The van der Waals surface area contributed by atoms with Crippen LogP contribution in [-0.4, -0.2) is 26.3 Å². The normalized spacial score (nSPS) is 21.8. The number of rotatable bonds is 5. The summed E-state index contributed by atoms with van der Waals surface area (Å²) in [5.74, 6) is 0.762. The molecule has 2 aliphatic rings. The molecule has 1 saturated heterocycles. The maximum atomic E-state index is 13.0. The van der Waals surface area contributed by atoms with Gasteiger partial charge in [-0.2, -0.15) is 13.2 Å². The van der Waals surface area contributed by atoms with E-state index in [9.17, 15) is 13.2 Å². The van der Waals surface area contributed by atoms with E-state index in [4.69, 9.17) is 4.74 Å². The van der Waals surface area contributed by atoms with E-state index >= 15 is 0 Å². The van der Waals surface area contributed by atoms with Gasteiger partial charge in [0.2, 0.25) is 0 Å². The van der Waals surface area contributed by atoms with Gasteiger partial charge in [0.05, 0.1) is 5.56 Å². The molecule has 0 atom stereocenters. The van der Waals surface area contributed by atoms with E-state index in [1.54, 1.807) is 0 Å². The highest BCUT2D eigenvalue weighted by atomic mass is 19.4. The summed E-state index contributed by atoms with van der Waals surface area (Å²) in [6, 6.07) is 5.83. The van der Waals surface area contributed by atoms with Gasteiger partial charge >= 0.3 is 6.18 Å². The van der Waals surface area contributed by atoms with E-state index in [-0.39, 0.29) is 5.41 Å². The first-order valence-corrected chi connectivity index (χ1v) is 7.96. The van der Waals surface area contributed by atoms with Gasteiger partial charge in [-0.15, -0.1) is 0 Å². The molecule has 2 fully saturated rings. The number of benzene rings is 1. The van der Waals surface area contributed by atoms with E-state index in [2.05, 4.69) is 5.32 Å². The highest BCUT2D eigenvalue weighted by Gasteiger charge is 2.37. The van der Waals surface area contributed by atoms with E-state index in [1.807, 2.05) is 6.07 Å². The third-order valence-corrected chi connectivity index (χ3v) is 4.85. The summed E-state index contributed by atoms with van der Waals surface area (Å²) in [6.07, 6.45) is -0.207. The first-order valence-electron chi connectivity index (χ1n) is 7.96. The fourth-order valence-corrected chi connectivity index (χ4v) is 3.19. The van der Waals surface area contributed by atoms with Crippen molar-refractivity contribution in [2.75, 3.05) is 26.3 Å². The Labute approximate surface area is 129 Å². The van der Waals surface area contributed by atoms with Crippen LogP contribution in [0.5, 0.6) is 0 Å². The predicted octanol–water partition coefficient (Wildman–Crippen LogP) is 3.75. The molecule has 0 radical (unpaired) electrons. The fourth-order valence-electron chi connectivity index (χ4n) is 3.19. The Morgan fingerprint density at radius 1 is 1.18 bits per heavy atom. The van der Waals surface area contributed by atoms with Gasteiger partial charge in [-0.3, -0.25) is 0 Å². The van der Waals surface area contributed by atoms with Crippen LogP contribution in [0.3, 0.4) is 0 Å². The molecule has 1 heterocycles. The third kappa shape index (κ3) is 3.63. The summed E-state index contributed by atoms with van der Waals surface area (Å²) in [7, 11) is 0. The van der Waals surface area contributed by atoms with Crippen LogP contribution in [0.15, 0.2) is 24.3 Å². The van der Waals surface area contributed by atoms with Gasteiger partial charge in [-0.05, 0) is 49.8 Å². The zero-order valence-corrected chi connectivity index (χ0v) is 12.6. The van der Waals surface area contributed by atoms with Crippen molar-refractivity contribution in [2.45, 2.75) is 37.3 Å². The Kier molecular flexibility index (Phi) is 4.46. The first-order chi connectivity index (χ1) is 10.5. The summed E-state index contributed by atoms with van der Waals surface area (Å²) >= 11 is 0. The fraction of sp³-hybridized carbons (Fsp3) is 0.647. The van der Waals surface area contributed by atoms with Crippen molar-refractivity contribution in [3.63, 3.8) is 0 Å². The van der Waals surface area contributed by atoms with Gasteiger partial charge in [0.25, 0.3) is 0 Å². The average molecular weight is 313 g/mol. The Bertz CT molecular complexity index is 505. The van der Waals surface area contributed by atoms with Crippen molar-refractivity contribution in [3.8, 4) is 0 Å². The number of nitrogens with one attached hydrogen (secondary N) is 1. The topological polar surface area (TPSA) is 21.3 Å². The lowest BCUT2D eigenvalue weighted by Gasteiger charge is -2.38. The van der Waals surface area contributed by atoms with Crippen molar-refractivity contribution in [1.82, 2.24) is 5.32 Å². The lowest BCUT2D eigenvalue weighted by atomic mass is 9.73. The third-order valence-electron chi connectivity index (χ3n) is 4.85. The molecule has 22 heavy (non-hydrogen) atoms. The monoisotopic (exact) mass is 313 g/mol. The number of alkyl halides is 3. The average Bonchev–Trinajstić information content (AvgIpc) is 3.32. The molecule has 1 aromatic carbocycles. The molecule has 3 rings (SSSR count). The second-order valence-corrected chi connectivity index (χ2v) is 6.55. The number of hydrogen-bond acceptors (Lipinski definition) is 2. The van der Waals surface area contributed by atoms with E-state index in [0.717, 1.165) is 43.5 Å². The van der Waals surface area contributed by atoms with Crippen LogP contribution in [0.4, 0.5) is 13.2 Å². The van der Waals surface area contributed by atoms with Crippen molar-refractivity contribution in [3.05, 3.63) is 35.4 Å². The van der Waals surface area contributed by atoms with E-state index in [0.29, 0.717) is 13.2 Å². The Morgan fingerprint density at radius 2 is 1.91 bits per heavy atom. The zero-order valence-electron chi connectivity index (χ0n) is 12.6. The molecule has 2 nitrogen and oxygen atoms in total. The molecule has 1 aliphatic carbocycles. The maximum absolute atomic E-state index is 13.0. The molecule has 0 spiro atoms. The molecule has 1 aliphatic heterocycles. The quantitative estimate of drug-likeness (QED) is 0.894. The largest absolute Gasteiger partial charge is 0.416 e. The van der Waals surface area contributed by atoms with Crippen LogP contribution in [0, 0.1) is 5.92 Å². The van der Waals surface area contributed by atoms with E-state index < -0.39 is 11.7 Å². The minimum Gasteiger partial charge on any atom is -0.381 e. The molecule has 1 aromatic rings. The number of halogens is 3. The number of hydrogen-bond donors (Lipinski definition) is 1. The van der Waals surface area contributed by atoms with E-state index in [1.165, 1.54) is 25.0 Å². The maximum Gasteiger partial charge on any atom is 0.416 e. The van der Waals surface area contributed by atoms with Gasteiger partial charge in [-0.1, -0.05) is 18.2 Å². The standard InChI is InChI=1S/C17H22F3NO/c18-17(19,20)15-3-1-2-14(10-15)16(6-8-22-9-7-16)12-21-11-13-4-5-13/h1-3,10,13,21H,4-9,11-12H2. The second-order valence-electron chi connectivity index (χ2n) is 6.55. The summed E-state index contributed by atoms with van der Waals surface area (Å²) in [6.45, 7) is 2.93. The molecule has 1 N–H and O–H groups in total. The Morgan fingerprint density at radius 3 is 2.55 bits per heavy atom. The first kappa shape index (κ1) is 15.8. The molecule has 1 saturated carbocycles. The summed E-state index contributed by atoms with van der Waals surface area (Å²) in [4.78, 5) is 0.